The molecule has 0 bridgehead atoms. The normalized spacial score (nSPS) is 16.2. The van der Waals surface area contributed by atoms with Crippen molar-refractivity contribution in [3.63, 3.8) is 0 Å². The quantitative estimate of drug-likeness (QED) is 0.459. The van der Waals surface area contributed by atoms with Crippen LogP contribution in [0.2, 0.25) is 0 Å². The molecule has 6 heteroatoms. The summed E-state index contributed by atoms with van der Waals surface area (Å²) in [6.07, 6.45) is 3.90. The van der Waals surface area contributed by atoms with Crippen LogP contribution in [-0.2, 0) is 6.54 Å². The van der Waals surface area contributed by atoms with Gasteiger partial charge in [-0.3, -0.25) is 0 Å². The molecule has 0 amide bonds. The number of likely N-dealkylation sites (tertiary alicyclic amines) is 1. The van der Waals surface area contributed by atoms with Gasteiger partial charge in [0.1, 0.15) is 0 Å². The van der Waals surface area contributed by atoms with Crippen LogP contribution in [0.25, 0.3) is 0 Å². The molecule has 22 heavy (non-hydrogen) atoms. The number of rotatable bonds is 7. The van der Waals surface area contributed by atoms with Gasteiger partial charge in [0.05, 0.1) is 17.2 Å². The highest BCUT2D eigenvalue weighted by atomic mass is 32.1. The van der Waals surface area contributed by atoms with Gasteiger partial charge >= 0.3 is 0 Å². The number of hydrogen-bond donors (Lipinski definition) is 2. The fourth-order valence-electron chi connectivity index (χ4n) is 2.73. The van der Waals surface area contributed by atoms with Crippen LogP contribution < -0.4 is 10.6 Å². The summed E-state index contributed by atoms with van der Waals surface area (Å²) in [7, 11) is 0. The summed E-state index contributed by atoms with van der Waals surface area (Å²) in [6.45, 7) is 12.5. The second-order valence-corrected chi connectivity index (χ2v) is 7.05. The fraction of sp³-hybridized carbons (Fsp3) is 0.750. The molecule has 0 aliphatic carbocycles. The van der Waals surface area contributed by atoms with Gasteiger partial charge in [0, 0.05) is 18.0 Å². The van der Waals surface area contributed by atoms with Crippen LogP contribution in [0.15, 0.2) is 4.99 Å². The van der Waals surface area contributed by atoms with E-state index in [0.29, 0.717) is 6.54 Å². The van der Waals surface area contributed by atoms with Crippen molar-refractivity contribution in [3.8, 4) is 0 Å². The molecule has 1 fully saturated rings. The molecule has 124 valence electrons. The van der Waals surface area contributed by atoms with Crippen LogP contribution in [0.1, 0.15) is 41.8 Å². The Labute approximate surface area is 138 Å². The Kier molecular flexibility index (Phi) is 7.12. The number of hydrogen-bond acceptors (Lipinski definition) is 4. The molecule has 5 nitrogen and oxygen atoms in total. The molecule has 1 aliphatic heterocycles. The zero-order chi connectivity index (χ0) is 15.8. The van der Waals surface area contributed by atoms with Crippen molar-refractivity contribution >= 4 is 17.3 Å². The van der Waals surface area contributed by atoms with Crippen LogP contribution in [0, 0.1) is 13.8 Å². The average Bonchev–Trinajstić information content (AvgIpc) is 3.10. The van der Waals surface area contributed by atoms with Crippen LogP contribution >= 0.6 is 11.3 Å². The molecule has 2 N–H and O–H groups in total. The third-order valence-corrected chi connectivity index (χ3v) is 4.92. The van der Waals surface area contributed by atoms with Gasteiger partial charge in [-0.2, -0.15) is 0 Å². The first-order valence-corrected chi connectivity index (χ1v) is 9.18. The van der Waals surface area contributed by atoms with Crippen molar-refractivity contribution in [1.29, 1.82) is 0 Å². The Morgan fingerprint density at radius 2 is 2.05 bits per heavy atom. The van der Waals surface area contributed by atoms with E-state index >= 15 is 0 Å². The summed E-state index contributed by atoms with van der Waals surface area (Å²) in [6, 6.07) is 0. The number of nitrogens with one attached hydrogen (secondary N) is 2. The molecule has 0 aromatic carbocycles. The van der Waals surface area contributed by atoms with Crippen molar-refractivity contribution < 1.29 is 0 Å². The van der Waals surface area contributed by atoms with Gasteiger partial charge < -0.3 is 15.5 Å². The van der Waals surface area contributed by atoms with Crippen molar-refractivity contribution in [1.82, 2.24) is 20.5 Å². The minimum atomic E-state index is 0.707. The van der Waals surface area contributed by atoms with Crippen LogP contribution in [-0.4, -0.2) is 48.6 Å². The van der Waals surface area contributed by atoms with E-state index in [1.165, 1.54) is 43.8 Å². The molecule has 1 aromatic heterocycles. The van der Waals surface area contributed by atoms with E-state index in [1.807, 2.05) is 6.92 Å². The molecule has 2 heterocycles. The first kappa shape index (κ1) is 17.2. The Morgan fingerprint density at radius 1 is 1.27 bits per heavy atom. The molecule has 0 radical (unpaired) electrons. The first-order chi connectivity index (χ1) is 10.7. The van der Waals surface area contributed by atoms with E-state index in [1.54, 1.807) is 11.3 Å². The molecule has 0 atom stereocenters. The van der Waals surface area contributed by atoms with Gasteiger partial charge in [-0.05, 0) is 59.7 Å². The predicted octanol–water partition coefficient (Wildman–Crippen LogP) is 2.30. The number of thiazole rings is 1. The topological polar surface area (TPSA) is 52.6 Å². The second-order valence-electron chi connectivity index (χ2n) is 5.77. The zero-order valence-electron chi connectivity index (χ0n) is 14.1. The highest BCUT2D eigenvalue weighted by Crippen LogP contribution is 2.17. The summed E-state index contributed by atoms with van der Waals surface area (Å²) in [4.78, 5) is 12.9. The third kappa shape index (κ3) is 5.57. The smallest absolute Gasteiger partial charge is 0.191 e. The largest absolute Gasteiger partial charge is 0.357 e. The van der Waals surface area contributed by atoms with Crippen molar-refractivity contribution in [2.75, 3.05) is 32.7 Å². The maximum absolute atomic E-state index is 4.68. The van der Waals surface area contributed by atoms with E-state index in [0.717, 1.165) is 29.8 Å². The minimum Gasteiger partial charge on any atom is -0.357 e. The standard InChI is InChI=1S/C16H29N5S/c1-4-17-16(18-8-7-11-21-9-5-6-10-21)19-12-15-13(2)20-14(3)22-15/h4-12H2,1-3H3,(H2,17,18,19). The summed E-state index contributed by atoms with van der Waals surface area (Å²) < 4.78 is 0. The second kappa shape index (κ2) is 9.10. The highest BCUT2D eigenvalue weighted by molar-refractivity contribution is 7.11. The number of aryl methyl sites for hydroxylation is 2. The lowest BCUT2D eigenvalue weighted by atomic mass is 10.4. The van der Waals surface area contributed by atoms with Crippen molar-refractivity contribution in [2.45, 2.75) is 46.6 Å². The van der Waals surface area contributed by atoms with Gasteiger partial charge in [-0.1, -0.05) is 0 Å². The van der Waals surface area contributed by atoms with E-state index in [9.17, 15) is 0 Å². The lowest BCUT2D eigenvalue weighted by Gasteiger charge is -2.15. The first-order valence-electron chi connectivity index (χ1n) is 8.36. The zero-order valence-corrected chi connectivity index (χ0v) is 14.9. The van der Waals surface area contributed by atoms with Crippen molar-refractivity contribution in [3.05, 3.63) is 15.6 Å². The van der Waals surface area contributed by atoms with Gasteiger partial charge in [-0.25, -0.2) is 9.98 Å². The maximum atomic E-state index is 4.68. The number of aromatic nitrogens is 1. The maximum Gasteiger partial charge on any atom is 0.191 e. The molecule has 0 unspecified atom stereocenters. The van der Waals surface area contributed by atoms with Gasteiger partial charge in [0.2, 0.25) is 0 Å². The summed E-state index contributed by atoms with van der Waals surface area (Å²) >= 11 is 1.74. The molecular weight excluding hydrogens is 294 g/mol. The van der Waals surface area contributed by atoms with Crippen LogP contribution in [0.3, 0.4) is 0 Å². The lowest BCUT2D eigenvalue weighted by Crippen LogP contribution is -2.38. The van der Waals surface area contributed by atoms with Crippen LogP contribution in [0.5, 0.6) is 0 Å². The molecule has 0 saturated carbocycles. The van der Waals surface area contributed by atoms with E-state index < -0.39 is 0 Å². The Bertz CT molecular complexity index is 477. The molecule has 0 spiro atoms. The third-order valence-electron chi connectivity index (χ3n) is 3.87. The van der Waals surface area contributed by atoms with Gasteiger partial charge in [-0.15, -0.1) is 11.3 Å². The summed E-state index contributed by atoms with van der Waals surface area (Å²) in [5, 5.41) is 7.87. The van der Waals surface area contributed by atoms with Crippen LogP contribution in [0.4, 0.5) is 0 Å². The van der Waals surface area contributed by atoms with Gasteiger partial charge in [0.15, 0.2) is 5.96 Å². The molecule has 1 saturated heterocycles. The highest BCUT2D eigenvalue weighted by Gasteiger charge is 2.10. The van der Waals surface area contributed by atoms with Crippen molar-refractivity contribution in [2.24, 2.45) is 4.99 Å². The Hall–Kier alpha value is -1.14. The summed E-state index contributed by atoms with van der Waals surface area (Å²) in [5.41, 5.74) is 1.11. The minimum absolute atomic E-state index is 0.707. The Morgan fingerprint density at radius 3 is 2.68 bits per heavy atom. The molecule has 2 rings (SSSR count). The number of nitrogens with zero attached hydrogens (tertiary/aromatic N) is 3. The number of aliphatic imine (C=N–C) groups is 1. The van der Waals surface area contributed by atoms with E-state index in [4.69, 9.17) is 0 Å². The predicted molar refractivity (Wildman–Crippen MR) is 94.7 cm³/mol. The SMILES string of the molecule is CCNC(=NCc1sc(C)nc1C)NCCCN1CCCC1. The number of guanidine groups is 1. The average molecular weight is 324 g/mol. The van der Waals surface area contributed by atoms with E-state index in [-0.39, 0.29) is 0 Å². The van der Waals surface area contributed by atoms with E-state index in [2.05, 4.69) is 39.4 Å². The molecule has 1 aromatic rings. The molecule has 1 aliphatic rings. The molecular formula is C16H29N5S. The van der Waals surface area contributed by atoms with Gasteiger partial charge in [0.25, 0.3) is 0 Å². The summed E-state index contributed by atoms with van der Waals surface area (Å²) in [5.74, 6) is 0.911. The fourth-order valence-corrected chi connectivity index (χ4v) is 3.59. The lowest BCUT2D eigenvalue weighted by molar-refractivity contribution is 0.334. The Balaban J connectivity index is 1.75. The monoisotopic (exact) mass is 323 g/mol.